The van der Waals surface area contributed by atoms with Gasteiger partial charge in [0.1, 0.15) is 60.4 Å². The molecule has 1 heterocycles. The van der Waals surface area contributed by atoms with Crippen LogP contribution < -0.4 is 16.0 Å². The van der Waals surface area contributed by atoms with Gasteiger partial charge in [-0.1, -0.05) is 109 Å². The van der Waals surface area contributed by atoms with E-state index in [2.05, 4.69) is 25.2 Å². The molecule has 1 rings (SSSR count). The summed E-state index contributed by atoms with van der Waals surface area (Å²) < 4.78 is 0. The van der Waals surface area contributed by atoms with Crippen LogP contribution in [0, 0.1) is 41.4 Å². The Kier molecular flexibility index (Phi) is 32.9. The highest BCUT2D eigenvalue weighted by molar-refractivity contribution is 7.16. The SMILES string of the molecule is C/C=C/CC(C)C(O)C1C(=O)NC(CC)C(=O)N(C)CC(=O)N(C)C(CC(C)C)C(=O)NC(C(C)C)C(=O)N(C)C(CC(C)C)C(=O)N(CP)C(C)C(=O)NC(C)C(=O)N(C)C(CC(C)C)C(=O)N(C)C(CC(C)C)C(=O)N(C)C(C(C)C)C(=O)N1C. The molecule has 24 heteroatoms. The standard InChI is InChI=1S/C63H114N11O12P/c1-25-27-28-41(15)53(76)52-56(79)65-44(26-2)58(81)67(18)33-49(75)68(19)45(29-35(3)4)55(78)66-50(39(11)12)62(85)71(22)48(32-38(9)10)61(84)74(34-87)43(17)54(77)64-42(16)57(80)69(20)46(30-36(5)6)59(82)70(21)47(31-37(7)8)60(83)72(23)51(40(13)14)63(86)73(52)24/h25,27,35-48,50-53,76H,26,28-34,87H2,1-24H3,(H,64,77)(H,65,79)(H,66,78)/b27-25+. The van der Waals surface area contributed by atoms with Gasteiger partial charge in [0.15, 0.2) is 0 Å². The lowest BCUT2D eigenvalue weighted by atomic mass is 9.91. The van der Waals surface area contributed by atoms with Crippen LogP contribution in [0.1, 0.15) is 156 Å². The van der Waals surface area contributed by atoms with Crippen molar-refractivity contribution in [2.24, 2.45) is 41.4 Å². The number of amides is 11. The molecule has 0 bridgehead atoms. The maximum absolute atomic E-state index is 15.2. The van der Waals surface area contributed by atoms with Crippen molar-refractivity contribution in [3.05, 3.63) is 12.2 Å². The molecule has 0 saturated carbocycles. The molecule has 498 valence electrons. The number of aliphatic hydroxyl groups excluding tert-OH is 1. The monoisotopic (exact) mass is 1250 g/mol. The Morgan fingerprint density at radius 2 is 0.943 bits per heavy atom. The molecule has 0 aromatic carbocycles. The molecule has 1 aliphatic rings. The Bertz CT molecular complexity index is 2390. The van der Waals surface area contributed by atoms with Gasteiger partial charge in [0.25, 0.3) is 0 Å². The Hall–Kier alpha value is -5.70. The number of hydrogen-bond acceptors (Lipinski definition) is 12. The Morgan fingerprint density at radius 1 is 0.506 bits per heavy atom. The lowest BCUT2D eigenvalue weighted by Gasteiger charge is -2.41. The van der Waals surface area contributed by atoms with Gasteiger partial charge in [0.05, 0.1) is 12.6 Å². The fourth-order valence-corrected chi connectivity index (χ4v) is 11.6. The zero-order valence-electron chi connectivity index (χ0n) is 57.3. The van der Waals surface area contributed by atoms with Crippen molar-refractivity contribution in [2.45, 2.75) is 223 Å². The van der Waals surface area contributed by atoms with Gasteiger partial charge in [0.2, 0.25) is 65.0 Å². The van der Waals surface area contributed by atoms with Gasteiger partial charge in [-0.05, 0) is 101 Å². The molecule has 87 heavy (non-hydrogen) atoms. The van der Waals surface area contributed by atoms with Gasteiger partial charge in [-0.2, -0.15) is 0 Å². The molecule has 4 N–H and O–H groups in total. The topological polar surface area (TPSA) is 270 Å². The van der Waals surface area contributed by atoms with Crippen molar-refractivity contribution in [1.29, 1.82) is 0 Å². The van der Waals surface area contributed by atoms with Crippen molar-refractivity contribution in [3.63, 3.8) is 0 Å². The summed E-state index contributed by atoms with van der Waals surface area (Å²) in [5.74, 6) is -9.56. The average Bonchev–Trinajstić information content (AvgIpc) is 1.83. The number of rotatable bonds is 16. The highest BCUT2D eigenvalue weighted by Gasteiger charge is 2.46. The quantitative estimate of drug-likeness (QED) is 0.127. The minimum absolute atomic E-state index is 0.0223. The van der Waals surface area contributed by atoms with Gasteiger partial charge in [-0.15, -0.1) is 9.24 Å². The van der Waals surface area contributed by atoms with Crippen LogP contribution >= 0.6 is 9.24 Å². The first-order chi connectivity index (χ1) is 40.2. The summed E-state index contributed by atoms with van der Waals surface area (Å²) in [5, 5.41) is 20.5. The first kappa shape index (κ1) is 79.3. The molecule has 1 saturated heterocycles. The van der Waals surface area contributed by atoms with Crippen LogP contribution in [0.2, 0.25) is 0 Å². The maximum atomic E-state index is 15.2. The summed E-state index contributed by atoms with van der Waals surface area (Å²) >= 11 is 0. The van der Waals surface area contributed by atoms with Crippen molar-refractivity contribution in [3.8, 4) is 0 Å². The number of nitrogens with zero attached hydrogens (tertiary/aromatic N) is 8. The molecule has 0 aromatic rings. The second-order valence-corrected chi connectivity index (χ2v) is 26.9. The van der Waals surface area contributed by atoms with E-state index < -0.39 is 156 Å². The number of nitrogens with one attached hydrogen (secondary N) is 3. The lowest BCUT2D eigenvalue weighted by Crippen LogP contribution is -2.63. The van der Waals surface area contributed by atoms with Gasteiger partial charge in [0, 0.05) is 55.6 Å². The van der Waals surface area contributed by atoms with E-state index in [1.165, 1.54) is 92.6 Å². The molecule has 1 fully saturated rings. The van der Waals surface area contributed by atoms with Crippen molar-refractivity contribution >= 4 is 74.2 Å². The molecule has 0 spiro atoms. The summed E-state index contributed by atoms with van der Waals surface area (Å²) in [6.45, 7) is 29.5. The largest absolute Gasteiger partial charge is 0.390 e. The molecule has 0 aromatic heterocycles. The summed E-state index contributed by atoms with van der Waals surface area (Å²) in [4.78, 5) is 172. The zero-order valence-corrected chi connectivity index (χ0v) is 58.5. The molecule has 13 unspecified atom stereocenters. The van der Waals surface area contributed by atoms with Crippen molar-refractivity contribution in [1.82, 2.24) is 55.1 Å². The molecular formula is C63H114N11O12P. The number of likely N-dealkylation sites (N-methyl/N-ethyl adjacent to an activating group) is 7. The highest BCUT2D eigenvalue weighted by atomic mass is 31.0. The molecule has 0 radical (unpaired) electrons. The highest BCUT2D eigenvalue weighted by Crippen LogP contribution is 2.26. The molecule has 0 aliphatic carbocycles. The number of aliphatic hydroxyl groups is 1. The number of carbonyl (C=O) groups excluding carboxylic acids is 11. The summed E-state index contributed by atoms with van der Waals surface area (Å²) in [6.07, 6.45) is 3.00. The predicted octanol–water partition coefficient (Wildman–Crippen LogP) is 3.81. The van der Waals surface area contributed by atoms with E-state index in [1.54, 1.807) is 54.5 Å². The Balaban J connectivity index is 4.40. The van der Waals surface area contributed by atoms with E-state index in [9.17, 15) is 43.5 Å². The Labute approximate surface area is 523 Å². The third-order valence-corrected chi connectivity index (χ3v) is 17.0. The van der Waals surface area contributed by atoms with E-state index >= 15 is 14.4 Å². The van der Waals surface area contributed by atoms with Crippen LogP contribution in [0.25, 0.3) is 0 Å². The first-order valence-corrected chi connectivity index (χ1v) is 32.0. The first-order valence-electron chi connectivity index (χ1n) is 31.2. The number of carbonyl (C=O) groups is 11. The van der Waals surface area contributed by atoms with Crippen molar-refractivity contribution < 1.29 is 57.8 Å². The van der Waals surface area contributed by atoms with Crippen LogP contribution in [-0.2, 0) is 52.7 Å². The van der Waals surface area contributed by atoms with Crippen LogP contribution in [0.5, 0.6) is 0 Å². The average molecular weight is 1250 g/mol. The minimum atomic E-state index is -1.61. The fraction of sp³-hybridized carbons (Fsp3) is 0.794. The molecule has 11 amide bonds. The summed E-state index contributed by atoms with van der Waals surface area (Å²) in [6, 6.07) is -12.3. The van der Waals surface area contributed by atoms with E-state index in [0.29, 0.717) is 6.42 Å². The second kappa shape index (κ2) is 36.1. The van der Waals surface area contributed by atoms with Crippen LogP contribution in [-0.4, -0.2) is 238 Å². The van der Waals surface area contributed by atoms with E-state index in [0.717, 1.165) is 9.80 Å². The van der Waals surface area contributed by atoms with Crippen molar-refractivity contribution in [2.75, 3.05) is 62.2 Å². The fourth-order valence-electron chi connectivity index (χ4n) is 11.1. The van der Waals surface area contributed by atoms with Gasteiger partial charge >= 0.3 is 0 Å². The van der Waals surface area contributed by atoms with Gasteiger partial charge in [-0.3, -0.25) is 52.7 Å². The predicted molar refractivity (Wildman–Crippen MR) is 342 cm³/mol. The molecule has 13 atom stereocenters. The normalized spacial score (nSPS) is 26.7. The molecular weight excluding hydrogens is 1130 g/mol. The van der Waals surface area contributed by atoms with E-state index in [4.69, 9.17) is 0 Å². The second-order valence-electron chi connectivity index (χ2n) is 26.5. The van der Waals surface area contributed by atoms with Gasteiger partial charge in [-0.25, -0.2) is 0 Å². The van der Waals surface area contributed by atoms with Crippen LogP contribution in [0.4, 0.5) is 0 Å². The number of allylic oxidation sites excluding steroid dienone is 2. The zero-order chi connectivity index (χ0) is 67.6. The molecule has 23 nitrogen and oxygen atoms in total. The van der Waals surface area contributed by atoms with Gasteiger partial charge < -0.3 is 60.3 Å². The third-order valence-electron chi connectivity index (χ3n) is 16.6. The van der Waals surface area contributed by atoms with Crippen LogP contribution in [0.15, 0.2) is 12.2 Å². The molecule has 1 aliphatic heterocycles. The van der Waals surface area contributed by atoms with E-state index in [-0.39, 0.29) is 62.1 Å². The number of hydrogen-bond donors (Lipinski definition) is 4. The van der Waals surface area contributed by atoms with E-state index in [1.807, 2.05) is 61.5 Å². The summed E-state index contributed by atoms with van der Waals surface area (Å²) in [7, 11) is 12.4. The Morgan fingerprint density at radius 3 is 1.38 bits per heavy atom. The third kappa shape index (κ3) is 21.8. The smallest absolute Gasteiger partial charge is 0.246 e. The minimum Gasteiger partial charge on any atom is -0.390 e. The lowest BCUT2D eigenvalue weighted by molar-refractivity contribution is -0.157. The maximum Gasteiger partial charge on any atom is 0.246 e. The summed E-state index contributed by atoms with van der Waals surface area (Å²) in [5.41, 5.74) is 0. The van der Waals surface area contributed by atoms with Crippen LogP contribution in [0.3, 0.4) is 0 Å².